The molecule has 0 saturated heterocycles. The van der Waals surface area contributed by atoms with Crippen molar-refractivity contribution in [2.45, 2.75) is 12.8 Å². The van der Waals surface area contributed by atoms with E-state index in [4.69, 9.17) is 5.11 Å². The first-order chi connectivity index (χ1) is 7.81. The first-order valence-electron chi connectivity index (χ1n) is 5.11. The SMILES string of the molecule is OCCCc1csc(-c2ccccc2F)n1. The van der Waals surface area contributed by atoms with E-state index >= 15 is 0 Å². The van der Waals surface area contributed by atoms with Gasteiger partial charge < -0.3 is 5.11 Å². The van der Waals surface area contributed by atoms with Gasteiger partial charge in [-0.25, -0.2) is 9.37 Å². The predicted molar refractivity (Wildman–Crippen MR) is 62.9 cm³/mol. The van der Waals surface area contributed by atoms with Crippen LogP contribution in [0.5, 0.6) is 0 Å². The van der Waals surface area contributed by atoms with Crippen LogP contribution in [0.3, 0.4) is 0 Å². The molecule has 2 rings (SSSR count). The lowest BCUT2D eigenvalue weighted by molar-refractivity contribution is 0.288. The van der Waals surface area contributed by atoms with E-state index in [2.05, 4.69) is 4.98 Å². The summed E-state index contributed by atoms with van der Waals surface area (Å²) in [6, 6.07) is 6.63. The fourth-order valence-electron chi connectivity index (χ4n) is 1.44. The van der Waals surface area contributed by atoms with E-state index in [1.54, 1.807) is 18.2 Å². The van der Waals surface area contributed by atoms with E-state index in [0.29, 0.717) is 17.0 Å². The Bertz CT molecular complexity index is 470. The zero-order valence-corrected chi connectivity index (χ0v) is 9.51. The number of benzene rings is 1. The van der Waals surface area contributed by atoms with Crippen molar-refractivity contribution in [3.63, 3.8) is 0 Å². The summed E-state index contributed by atoms with van der Waals surface area (Å²) in [5.74, 6) is -0.245. The first kappa shape index (κ1) is 11.2. The van der Waals surface area contributed by atoms with Gasteiger partial charge in [-0.15, -0.1) is 11.3 Å². The standard InChI is InChI=1S/C12H12FNOS/c13-11-6-2-1-5-10(11)12-14-9(8-16-12)4-3-7-15/h1-2,5-6,8,15H,3-4,7H2. The average molecular weight is 237 g/mol. The van der Waals surface area contributed by atoms with Crippen molar-refractivity contribution in [2.75, 3.05) is 6.61 Å². The number of hydrogen-bond acceptors (Lipinski definition) is 3. The van der Waals surface area contributed by atoms with E-state index < -0.39 is 0 Å². The number of aromatic nitrogens is 1. The molecule has 84 valence electrons. The van der Waals surface area contributed by atoms with Gasteiger partial charge in [0.2, 0.25) is 0 Å². The molecule has 2 nitrogen and oxygen atoms in total. The maximum absolute atomic E-state index is 13.5. The van der Waals surface area contributed by atoms with Crippen LogP contribution in [0.1, 0.15) is 12.1 Å². The van der Waals surface area contributed by atoms with Crippen LogP contribution in [0.4, 0.5) is 4.39 Å². The molecule has 0 fully saturated rings. The van der Waals surface area contributed by atoms with E-state index in [1.807, 2.05) is 5.38 Å². The van der Waals surface area contributed by atoms with Gasteiger partial charge in [0.1, 0.15) is 10.8 Å². The molecule has 0 radical (unpaired) electrons. The van der Waals surface area contributed by atoms with Crippen LogP contribution in [0.15, 0.2) is 29.6 Å². The number of aryl methyl sites for hydroxylation is 1. The smallest absolute Gasteiger partial charge is 0.133 e. The summed E-state index contributed by atoms with van der Waals surface area (Å²) < 4.78 is 13.5. The van der Waals surface area contributed by atoms with Gasteiger partial charge in [0.05, 0.1) is 5.69 Å². The van der Waals surface area contributed by atoms with Gasteiger partial charge >= 0.3 is 0 Å². The van der Waals surface area contributed by atoms with Crippen LogP contribution in [0.2, 0.25) is 0 Å². The minimum absolute atomic E-state index is 0.159. The van der Waals surface area contributed by atoms with Gasteiger partial charge in [0.15, 0.2) is 0 Å². The average Bonchev–Trinajstić information content (AvgIpc) is 2.75. The lowest BCUT2D eigenvalue weighted by atomic mass is 10.2. The molecule has 4 heteroatoms. The van der Waals surface area contributed by atoms with E-state index in [-0.39, 0.29) is 12.4 Å². The van der Waals surface area contributed by atoms with Crippen molar-refractivity contribution in [3.05, 3.63) is 41.2 Å². The molecule has 0 saturated carbocycles. The topological polar surface area (TPSA) is 33.1 Å². The Hall–Kier alpha value is -1.26. The number of aliphatic hydroxyl groups excluding tert-OH is 1. The third-order valence-corrected chi connectivity index (χ3v) is 3.17. The molecule has 0 aliphatic carbocycles. The number of halogens is 1. The number of nitrogens with zero attached hydrogens (tertiary/aromatic N) is 1. The molecule has 1 N–H and O–H groups in total. The molecule has 0 unspecified atom stereocenters. The lowest BCUT2D eigenvalue weighted by Crippen LogP contribution is -1.90. The maximum Gasteiger partial charge on any atom is 0.133 e. The fourth-order valence-corrected chi connectivity index (χ4v) is 2.32. The fraction of sp³-hybridized carbons (Fsp3) is 0.250. The Morgan fingerprint density at radius 2 is 2.12 bits per heavy atom. The zero-order valence-electron chi connectivity index (χ0n) is 8.69. The molecule has 0 aliphatic rings. The molecular weight excluding hydrogens is 225 g/mol. The third-order valence-electron chi connectivity index (χ3n) is 2.25. The summed E-state index contributed by atoms with van der Waals surface area (Å²) in [6.07, 6.45) is 1.43. The molecule has 0 amide bonds. The quantitative estimate of drug-likeness (QED) is 0.887. The second kappa shape index (κ2) is 5.18. The molecule has 1 heterocycles. The van der Waals surface area contributed by atoms with Gasteiger partial charge in [0.25, 0.3) is 0 Å². The third kappa shape index (κ3) is 2.46. The Labute approximate surface area is 97.4 Å². The second-order valence-corrected chi connectivity index (χ2v) is 4.31. The molecule has 1 aromatic carbocycles. The minimum Gasteiger partial charge on any atom is -0.396 e. The highest BCUT2D eigenvalue weighted by Gasteiger charge is 2.08. The molecular formula is C12H12FNOS. The van der Waals surface area contributed by atoms with Gasteiger partial charge in [-0.3, -0.25) is 0 Å². The minimum atomic E-state index is -0.245. The largest absolute Gasteiger partial charge is 0.396 e. The molecule has 2 aromatic rings. The number of rotatable bonds is 4. The van der Waals surface area contributed by atoms with Crippen molar-refractivity contribution >= 4 is 11.3 Å². The number of thiazole rings is 1. The van der Waals surface area contributed by atoms with Crippen LogP contribution in [0.25, 0.3) is 10.6 Å². The molecule has 0 spiro atoms. The summed E-state index contributed by atoms with van der Waals surface area (Å²) in [4.78, 5) is 4.35. The van der Waals surface area contributed by atoms with Gasteiger partial charge in [-0.2, -0.15) is 0 Å². The predicted octanol–water partition coefficient (Wildman–Crippen LogP) is 2.87. The Kier molecular flexibility index (Phi) is 3.64. The van der Waals surface area contributed by atoms with Gasteiger partial charge in [0, 0.05) is 17.6 Å². The number of hydrogen-bond donors (Lipinski definition) is 1. The van der Waals surface area contributed by atoms with Gasteiger partial charge in [-0.1, -0.05) is 12.1 Å². The van der Waals surface area contributed by atoms with E-state index in [9.17, 15) is 4.39 Å². The summed E-state index contributed by atoms with van der Waals surface area (Å²) in [5, 5.41) is 11.3. The second-order valence-electron chi connectivity index (χ2n) is 3.45. The summed E-state index contributed by atoms with van der Waals surface area (Å²) in [5.41, 5.74) is 1.46. The Balaban J connectivity index is 2.22. The zero-order chi connectivity index (χ0) is 11.4. The van der Waals surface area contributed by atoms with E-state index in [0.717, 1.165) is 12.1 Å². The van der Waals surface area contributed by atoms with Gasteiger partial charge in [-0.05, 0) is 25.0 Å². The summed E-state index contributed by atoms with van der Waals surface area (Å²) >= 11 is 1.43. The van der Waals surface area contributed by atoms with Crippen LogP contribution in [0, 0.1) is 5.82 Å². The molecule has 0 atom stereocenters. The molecule has 1 aromatic heterocycles. The number of aliphatic hydroxyl groups is 1. The van der Waals surface area contributed by atoms with Crippen LogP contribution in [-0.2, 0) is 6.42 Å². The highest BCUT2D eigenvalue weighted by atomic mass is 32.1. The maximum atomic E-state index is 13.5. The van der Waals surface area contributed by atoms with Crippen molar-refractivity contribution in [1.29, 1.82) is 0 Å². The van der Waals surface area contributed by atoms with Crippen molar-refractivity contribution < 1.29 is 9.50 Å². The van der Waals surface area contributed by atoms with E-state index in [1.165, 1.54) is 17.4 Å². The highest BCUT2D eigenvalue weighted by Crippen LogP contribution is 2.26. The monoisotopic (exact) mass is 237 g/mol. The Morgan fingerprint density at radius 3 is 2.88 bits per heavy atom. The summed E-state index contributed by atoms with van der Waals surface area (Å²) in [7, 11) is 0. The lowest BCUT2D eigenvalue weighted by Gasteiger charge is -1.97. The van der Waals surface area contributed by atoms with Crippen LogP contribution >= 0.6 is 11.3 Å². The Morgan fingerprint density at radius 1 is 1.31 bits per heavy atom. The highest BCUT2D eigenvalue weighted by molar-refractivity contribution is 7.13. The normalized spacial score (nSPS) is 10.6. The van der Waals surface area contributed by atoms with Crippen LogP contribution in [-0.4, -0.2) is 16.7 Å². The van der Waals surface area contributed by atoms with Crippen molar-refractivity contribution in [3.8, 4) is 10.6 Å². The first-order valence-corrected chi connectivity index (χ1v) is 5.99. The molecule has 16 heavy (non-hydrogen) atoms. The molecule has 0 bridgehead atoms. The molecule has 0 aliphatic heterocycles. The van der Waals surface area contributed by atoms with Crippen molar-refractivity contribution in [1.82, 2.24) is 4.98 Å². The van der Waals surface area contributed by atoms with Crippen molar-refractivity contribution in [2.24, 2.45) is 0 Å². The summed E-state index contributed by atoms with van der Waals surface area (Å²) in [6.45, 7) is 0.159. The van der Waals surface area contributed by atoms with Crippen LogP contribution < -0.4 is 0 Å².